The second-order valence-electron chi connectivity index (χ2n) is 2.01. The van der Waals surface area contributed by atoms with E-state index >= 15 is 0 Å². The third-order valence-corrected chi connectivity index (χ3v) is 1.29. The highest BCUT2D eigenvalue weighted by atomic mass is 16.7. The Kier molecular flexibility index (Phi) is 1.76. The third kappa shape index (κ3) is 1.18. The van der Waals surface area contributed by atoms with E-state index in [0.717, 1.165) is 12.0 Å². The molecule has 3 heteroatoms. The van der Waals surface area contributed by atoms with E-state index in [-0.39, 0.29) is 0 Å². The van der Waals surface area contributed by atoms with Crippen molar-refractivity contribution < 1.29 is 9.47 Å². The highest BCUT2D eigenvalue weighted by Gasteiger charge is 2.16. The van der Waals surface area contributed by atoms with E-state index in [1.807, 2.05) is 6.92 Å². The van der Waals surface area contributed by atoms with Gasteiger partial charge in [-0.25, -0.2) is 0 Å². The van der Waals surface area contributed by atoms with Crippen molar-refractivity contribution in [1.29, 1.82) is 5.41 Å². The van der Waals surface area contributed by atoms with Gasteiger partial charge >= 0.3 is 0 Å². The van der Waals surface area contributed by atoms with Gasteiger partial charge in [0.25, 0.3) is 6.29 Å². The third-order valence-electron chi connectivity index (χ3n) is 1.29. The van der Waals surface area contributed by atoms with Crippen LogP contribution < -0.4 is 0 Å². The molecule has 0 radical (unpaired) electrons. The molecular formula is C7H9NO2. The molecule has 3 nitrogen and oxygen atoms in total. The summed E-state index contributed by atoms with van der Waals surface area (Å²) in [4.78, 5) is 0. The lowest BCUT2D eigenvalue weighted by Gasteiger charge is -2.06. The number of hydrogen-bond donors (Lipinski definition) is 1. The molecule has 1 unspecified atom stereocenters. The van der Waals surface area contributed by atoms with Crippen molar-refractivity contribution in [3.05, 3.63) is 24.0 Å². The van der Waals surface area contributed by atoms with Crippen LogP contribution in [0.5, 0.6) is 0 Å². The second kappa shape index (κ2) is 2.56. The average Bonchev–Trinajstić information content (AvgIpc) is 2.14. The summed E-state index contributed by atoms with van der Waals surface area (Å²) in [6.07, 6.45) is 2.19. The predicted octanol–water partition coefficient (Wildman–Crippen LogP) is 1.43. The van der Waals surface area contributed by atoms with Gasteiger partial charge in [0.1, 0.15) is 5.76 Å². The summed E-state index contributed by atoms with van der Waals surface area (Å²) < 4.78 is 9.78. The molecule has 1 aliphatic rings. The highest BCUT2D eigenvalue weighted by Crippen LogP contribution is 2.20. The molecule has 0 aliphatic carbocycles. The molecule has 0 aromatic rings. The van der Waals surface area contributed by atoms with E-state index in [0.29, 0.717) is 5.76 Å². The predicted molar refractivity (Wildman–Crippen MR) is 37.6 cm³/mol. The quantitative estimate of drug-likeness (QED) is 0.464. The Morgan fingerprint density at radius 2 is 2.60 bits per heavy atom. The number of hydrogen-bond acceptors (Lipinski definition) is 3. The summed E-state index contributed by atoms with van der Waals surface area (Å²) >= 11 is 0. The number of allylic oxidation sites excluding steroid dienone is 1. The first-order valence-corrected chi connectivity index (χ1v) is 2.93. The van der Waals surface area contributed by atoms with Gasteiger partial charge in [-0.2, -0.15) is 0 Å². The van der Waals surface area contributed by atoms with Crippen molar-refractivity contribution in [1.82, 2.24) is 0 Å². The van der Waals surface area contributed by atoms with E-state index in [1.165, 1.54) is 0 Å². The summed E-state index contributed by atoms with van der Waals surface area (Å²) in [6.45, 7) is 5.51. The Balaban J connectivity index is 2.56. The summed E-state index contributed by atoms with van der Waals surface area (Å²) in [5, 5.41) is 6.61. The maximum atomic E-state index is 6.61. The van der Waals surface area contributed by atoms with Gasteiger partial charge in [-0.3, -0.25) is 5.41 Å². The van der Waals surface area contributed by atoms with Gasteiger partial charge in [-0.15, -0.1) is 0 Å². The van der Waals surface area contributed by atoms with Crippen molar-refractivity contribution in [2.75, 3.05) is 0 Å². The summed E-state index contributed by atoms with van der Waals surface area (Å²) in [5.41, 5.74) is 0.965. The molecule has 0 spiro atoms. The minimum absolute atomic E-state index is 0.440. The molecule has 0 aromatic carbocycles. The van der Waals surface area contributed by atoms with Gasteiger partial charge in [-0.05, 0) is 12.5 Å². The molecule has 1 heterocycles. The standard InChI is InChI=1S/C7H9NO2/c1-5-3-7(9-4-8)10-6(5)2/h3-4,7-8H,2H2,1H3. The zero-order chi connectivity index (χ0) is 7.56. The van der Waals surface area contributed by atoms with Crippen molar-refractivity contribution in [2.45, 2.75) is 13.2 Å². The monoisotopic (exact) mass is 139 g/mol. The molecule has 1 rings (SSSR count). The van der Waals surface area contributed by atoms with E-state index in [2.05, 4.69) is 6.58 Å². The van der Waals surface area contributed by atoms with Gasteiger partial charge < -0.3 is 9.47 Å². The van der Waals surface area contributed by atoms with E-state index in [4.69, 9.17) is 14.9 Å². The zero-order valence-electron chi connectivity index (χ0n) is 5.76. The molecule has 0 saturated carbocycles. The topological polar surface area (TPSA) is 42.3 Å². The Morgan fingerprint density at radius 1 is 1.90 bits per heavy atom. The Labute approximate surface area is 59.5 Å². The molecule has 0 saturated heterocycles. The van der Waals surface area contributed by atoms with Crippen LogP contribution in [0.15, 0.2) is 24.0 Å². The van der Waals surface area contributed by atoms with Crippen molar-refractivity contribution in [3.8, 4) is 0 Å². The van der Waals surface area contributed by atoms with Gasteiger partial charge in [0, 0.05) is 6.08 Å². The first-order valence-electron chi connectivity index (χ1n) is 2.93. The van der Waals surface area contributed by atoms with Gasteiger partial charge in [0.05, 0.1) is 0 Å². The number of rotatable bonds is 2. The minimum Gasteiger partial charge on any atom is -0.451 e. The van der Waals surface area contributed by atoms with Crippen LogP contribution in [-0.4, -0.2) is 12.7 Å². The molecule has 54 valence electrons. The normalized spacial score (nSPS) is 23.5. The fourth-order valence-electron chi connectivity index (χ4n) is 0.698. The lowest BCUT2D eigenvalue weighted by atomic mass is 10.3. The molecular weight excluding hydrogens is 130 g/mol. The molecule has 10 heavy (non-hydrogen) atoms. The van der Waals surface area contributed by atoms with Crippen LogP contribution in [-0.2, 0) is 9.47 Å². The van der Waals surface area contributed by atoms with Crippen molar-refractivity contribution in [3.63, 3.8) is 0 Å². The summed E-state index contributed by atoms with van der Waals surface area (Å²) in [5.74, 6) is 0.617. The number of ether oxygens (including phenoxy) is 2. The van der Waals surface area contributed by atoms with E-state index in [1.54, 1.807) is 6.08 Å². The molecule has 0 aromatic heterocycles. The lowest BCUT2D eigenvalue weighted by Crippen LogP contribution is -2.06. The lowest BCUT2D eigenvalue weighted by molar-refractivity contribution is 0.00584. The molecule has 0 bridgehead atoms. The van der Waals surface area contributed by atoms with Gasteiger partial charge in [-0.1, -0.05) is 6.58 Å². The maximum Gasteiger partial charge on any atom is 0.262 e. The molecule has 1 atom stereocenters. The smallest absolute Gasteiger partial charge is 0.262 e. The Bertz CT molecular complexity index is 196. The van der Waals surface area contributed by atoms with Gasteiger partial charge in [0.15, 0.2) is 6.40 Å². The molecule has 1 aliphatic heterocycles. The summed E-state index contributed by atoms with van der Waals surface area (Å²) in [6, 6.07) is 0. The van der Waals surface area contributed by atoms with Crippen LogP contribution in [0, 0.1) is 5.41 Å². The van der Waals surface area contributed by atoms with Crippen molar-refractivity contribution in [2.24, 2.45) is 0 Å². The fraction of sp³-hybridized carbons (Fsp3) is 0.286. The average molecular weight is 139 g/mol. The fourth-order valence-corrected chi connectivity index (χ4v) is 0.698. The molecule has 0 fully saturated rings. The van der Waals surface area contributed by atoms with E-state index in [9.17, 15) is 0 Å². The van der Waals surface area contributed by atoms with Crippen LogP contribution in [0.1, 0.15) is 6.92 Å². The van der Waals surface area contributed by atoms with Crippen LogP contribution in [0.4, 0.5) is 0 Å². The summed E-state index contributed by atoms with van der Waals surface area (Å²) in [7, 11) is 0. The molecule has 1 N–H and O–H groups in total. The van der Waals surface area contributed by atoms with Crippen LogP contribution >= 0.6 is 0 Å². The molecule has 0 amide bonds. The first kappa shape index (κ1) is 6.86. The van der Waals surface area contributed by atoms with Crippen LogP contribution in [0.2, 0.25) is 0 Å². The van der Waals surface area contributed by atoms with Crippen LogP contribution in [0.3, 0.4) is 0 Å². The zero-order valence-corrected chi connectivity index (χ0v) is 5.76. The SMILES string of the molecule is C=C1OC(OC=N)C=C1C. The largest absolute Gasteiger partial charge is 0.451 e. The first-order chi connectivity index (χ1) is 4.74. The second-order valence-corrected chi connectivity index (χ2v) is 2.01. The minimum atomic E-state index is -0.440. The van der Waals surface area contributed by atoms with Gasteiger partial charge in [0.2, 0.25) is 0 Å². The van der Waals surface area contributed by atoms with Crippen molar-refractivity contribution >= 4 is 6.40 Å². The van der Waals surface area contributed by atoms with Crippen LogP contribution in [0.25, 0.3) is 0 Å². The number of nitrogens with one attached hydrogen (secondary N) is 1. The maximum absolute atomic E-state index is 6.61. The highest BCUT2D eigenvalue weighted by molar-refractivity contribution is 5.42. The Morgan fingerprint density at radius 3 is 3.00 bits per heavy atom. The Hall–Kier alpha value is -1.25. The van der Waals surface area contributed by atoms with E-state index < -0.39 is 6.29 Å².